The Labute approximate surface area is 104 Å². The fourth-order valence-corrected chi connectivity index (χ4v) is 2.13. The van der Waals surface area contributed by atoms with E-state index < -0.39 is 0 Å². The summed E-state index contributed by atoms with van der Waals surface area (Å²) in [5.74, 6) is 0. The van der Waals surface area contributed by atoms with Crippen molar-refractivity contribution in [3.05, 3.63) is 59.7 Å². The number of aryl methyl sites for hydroxylation is 2. The van der Waals surface area contributed by atoms with Crippen molar-refractivity contribution < 1.29 is 0 Å². The van der Waals surface area contributed by atoms with Crippen molar-refractivity contribution in [2.45, 2.75) is 33.1 Å². The summed E-state index contributed by atoms with van der Waals surface area (Å²) < 4.78 is 0. The molecule has 2 rings (SSSR count). The van der Waals surface area contributed by atoms with Crippen molar-refractivity contribution in [1.82, 2.24) is 0 Å². The molecule has 17 heavy (non-hydrogen) atoms. The largest absolute Gasteiger partial charge is 0.0654 e. The average molecular weight is 224 g/mol. The third-order valence-corrected chi connectivity index (χ3v) is 3.21. The summed E-state index contributed by atoms with van der Waals surface area (Å²) in [5.41, 5.74) is 5.51. The van der Waals surface area contributed by atoms with Crippen LogP contribution < -0.4 is 0 Å². The molecule has 0 unspecified atom stereocenters. The zero-order valence-corrected chi connectivity index (χ0v) is 10.7. The quantitative estimate of drug-likeness (QED) is 0.685. The lowest BCUT2D eigenvalue weighted by Crippen LogP contribution is -1.89. The molecule has 2 aromatic rings. The van der Waals surface area contributed by atoms with Gasteiger partial charge in [-0.3, -0.25) is 0 Å². The standard InChI is InChI=1S/C17H20/c1-3-4-8-15-12-11-14(2)17(13-15)16-9-6-5-7-10-16/h5-7,9-13H,3-4,8H2,1-2H3. The normalized spacial score (nSPS) is 10.5. The molecule has 0 aliphatic rings. The van der Waals surface area contributed by atoms with E-state index in [0.29, 0.717) is 0 Å². The van der Waals surface area contributed by atoms with Crippen molar-refractivity contribution in [2.75, 3.05) is 0 Å². The van der Waals surface area contributed by atoms with Crippen LogP contribution in [0.4, 0.5) is 0 Å². The fraction of sp³-hybridized carbons (Fsp3) is 0.294. The van der Waals surface area contributed by atoms with Crippen LogP contribution in [0.5, 0.6) is 0 Å². The van der Waals surface area contributed by atoms with Gasteiger partial charge in [0.1, 0.15) is 0 Å². The Balaban J connectivity index is 2.33. The predicted octanol–water partition coefficient (Wildman–Crippen LogP) is 5.00. The number of rotatable bonds is 4. The molecule has 0 aliphatic carbocycles. The summed E-state index contributed by atoms with van der Waals surface area (Å²) in [6.07, 6.45) is 3.72. The maximum atomic E-state index is 2.35. The van der Waals surface area contributed by atoms with Gasteiger partial charge in [0.2, 0.25) is 0 Å². The van der Waals surface area contributed by atoms with Crippen molar-refractivity contribution >= 4 is 0 Å². The molecule has 0 saturated carbocycles. The zero-order chi connectivity index (χ0) is 12.1. The van der Waals surface area contributed by atoms with Crippen molar-refractivity contribution in [1.29, 1.82) is 0 Å². The Hall–Kier alpha value is -1.56. The SMILES string of the molecule is CCCCc1ccc(C)c(-c2ccccc2)c1. The van der Waals surface area contributed by atoms with Gasteiger partial charge in [0.15, 0.2) is 0 Å². The van der Waals surface area contributed by atoms with E-state index in [9.17, 15) is 0 Å². The van der Waals surface area contributed by atoms with Crippen molar-refractivity contribution in [3.8, 4) is 11.1 Å². The molecule has 0 heterocycles. The molecule has 0 spiro atoms. The van der Waals surface area contributed by atoms with Gasteiger partial charge in [-0.25, -0.2) is 0 Å². The van der Waals surface area contributed by atoms with E-state index in [0.717, 1.165) is 0 Å². The minimum Gasteiger partial charge on any atom is -0.0654 e. The molecule has 88 valence electrons. The van der Waals surface area contributed by atoms with Crippen LogP contribution in [0, 0.1) is 6.92 Å². The molecule has 0 saturated heterocycles. The minimum absolute atomic E-state index is 1.19. The summed E-state index contributed by atoms with van der Waals surface area (Å²) in [5, 5.41) is 0. The van der Waals surface area contributed by atoms with Gasteiger partial charge >= 0.3 is 0 Å². The molecule has 0 amide bonds. The second-order valence-corrected chi connectivity index (χ2v) is 4.62. The van der Waals surface area contributed by atoms with Crippen LogP contribution >= 0.6 is 0 Å². The van der Waals surface area contributed by atoms with E-state index in [2.05, 4.69) is 62.4 Å². The van der Waals surface area contributed by atoms with Gasteiger partial charge in [0.25, 0.3) is 0 Å². The second-order valence-electron chi connectivity index (χ2n) is 4.62. The fourth-order valence-electron chi connectivity index (χ4n) is 2.13. The Kier molecular flexibility index (Phi) is 3.98. The Morgan fingerprint density at radius 3 is 2.41 bits per heavy atom. The number of unbranched alkanes of at least 4 members (excludes halogenated alkanes) is 1. The van der Waals surface area contributed by atoms with E-state index in [4.69, 9.17) is 0 Å². The third kappa shape index (κ3) is 2.97. The van der Waals surface area contributed by atoms with Gasteiger partial charge in [-0.05, 0) is 42.0 Å². The second kappa shape index (κ2) is 5.67. The summed E-state index contributed by atoms with van der Waals surface area (Å²) in [7, 11) is 0. The third-order valence-electron chi connectivity index (χ3n) is 3.21. The van der Waals surface area contributed by atoms with Crippen LogP contribution in [0.3, 0.4) is 0 Å². The minimum atomic E-state index is 1.19. The summed E-state index contributed by atoms with van der Waals surface area (Å²) in [6, 6.07) is 17.5. The van der Waals surface area contributed by atoms with Crippen LogP contribution in [0.25, 0.3) is 11.1 Å². The van der Waals surface area contributed by atoms with Crippen molar-refractivity contribution in [2.24, 2.45) is 0 Å². The van der Waals surface area contributed by atoms with Gasteiger partial charge in [-0.15, -0.1) is 0 Å². The predicted molar refractivity (Wildman–Crippen MR) is 75.2 cm³/mol. The molecule has 0 bridgehead atoms. The summed E-state index contributed by atoms with van der Waals surface area (Å²) in [4.78, 5) is 0. The molecule has 0 aromatic heterocycles. The lowest BCUT2D eigenvalue weighted by Gasteiger charge is -2.09. The summed E-state index contributed by atoms with van der Waals surface area (Å²) >= 11 is 0. The molecule has 2 aromatic carbocycles. The van der Waals surface area contributed by atoms with E-state index in [-0.39, 0.29) is 0 Å². The highest BCUT2D eigenvalue weighted by molar-refractivity contribution is 5.67. The Bertz CT molecular complexity index is 469. The first kappa shape index (κ1) is 11.9. The van der Waals surface area contributed by atoms with E-state index in [1.165, 1.54) is 41.5 Å². The van der Waals surface area contributed by atoms with Gasteiger partial charge < -0.3 is 0 Å². The van der Waals surface area contributed by atoms with Crippen LogP contribution in [-0.4, -0.2) is 0 Å². The number of hydrogen-bond acceptors (Lipinski definition) is 0. The molecule has 0 aliphatic heterocycles. The number of hydrogen-bond donors (Lipinski definition) is 0. The van der Waals surface area contributed by atoms with Crippen LogP contribution in [0.1, 0.15) is 30.9 Å². The van der Waals surface area contributed by atoms with E-state index in [1.54, 1.807) is 0 Å². The molecule has 0 atom stereocenters. The average Bonchev–Trinajstić information content (AvgIpc) is 2.39. The molecule has 0 heteroatoms. The van der Waals surface area contributed by atoms with Gasteiger partial charge in [-0.1, -0.05) is 61.9 Å². The van der Waals surface area contributed by atoms with Gasteiger partial charge in [-0.2, -0.15) is 0 Å². The van der Waals surface area contributed by atoms with E-state index >= 15 is 0 Å². The highest BCUT2D eigenvalue weighted by Gasteiger charge is 2.02. The Morgan fingerprint density at radius 1 is 0.941 bits per heavy atom. The first-order valence-corrected chi connectivity index (χ1v) is 6.46. The van der Waals surface area contributed by atoms with Gasteiger partial charge in [0.05, 0.1) is 0 Å². The molecule has 0 radical (unpaired) electrons. The Morgan fingerprint density at radius 2 is 1.71 bits per heavy atom. The highest BCUT2D eigenvalue weighted by Crippen LogP contribution is 2.24. The lowest BCUT2D eigenvalue weighted by molar-refractivity contribution is 0.795. The molecule has 0 N–H and O–H groups in total. The first-order valence-electron chi connectivity index (χ1n) is 6.46. The maximum absolute atomic E-state index is 2.35. The van der Waals surface area contributed by atoms with Crippen LogP contribution in [0.2, 0.25) is 0 Å². The monoisotopic (exact) mass is 224 g/mol. The van der Waals surface area contributed by atoms with E-state index in [1.807, 2.05) is 0 Å². The zero-order valence-electron chi connectivity index (χ0n) is 10.7. The number of benzene rings is 2. The van der Waals surface area contributed by atoms with Gasteiger partial charge in [0, 0.05) is 0 Å². The molecule has 0 fully saturated rings. The lowest BCUT2D eigenvalue weighted by atomic mass is 9.96. The van der Waals surface area contributed by atoms with Crippen LogP contribution in [-0.2, 0) is 6.42 Å². The first-order chi connectivity index (χ1) is 8.31. The van der Waals surface area contributed by atoms with Crippen molar-refractivity contribution in [3.63, 3.8) is 0 Å². The maximum Gasteiger partial charge on any atom is -0.0152 e. The molecular formula is C17H20. The van der Waals surface area contributed by atoms with Crippen LogP contribution in [0.15, 0.2) is 48.5 Å². The smallest absolute Gasteiger partial charge is 0.0152 e. The highest BCUT2D eigenvalue weighted by atomic mass is 14.1. The topological polar surface area (TPSA) is 0 Å². The molecular weight excluding hydrogens is 204 g/mol. The molecule has 0 nitrogen and oxygen atoms in total. The summed E-state index contributed by atoms with van der Waals surface area (Å²) in [6.45, 7) is 4.43.